The predicted molar refractivity (Wildman–Crippen MR) is 86.8 cm³/mol. The van der Waals surface area contributed by atoms with Crippen LogP contribution in [0.1, 0.15) is 39.8 Å². The van der Waals surface area contributed by atoms with E-state index in [4.69, 9.17) is 0 Å². The number of benzene rings is 1. The highest BCUT2D eigenvalue weighted by molar-refractivity contribution is 5.39. The zero-order chi connectivity index (χ0) is 15.5. The molecule has 1 atom stereocenters. The number of imidazole rings is 1. The van der Waals surface area contributed by atoms with Crippen LogP contribution in [-0.2, 0) is 6.42 Å². The third-order valence-electron chi connectivity index (χ3n) is 4.15. The lowest BCUT2D eigenvalue weighted by Crippen LogP contribution is -2.10. The number of hydrogen-bond donors (Lipinski definition) is 1. The summed E-state index contributed by atoms with van der Waals surface area (Å²) in [7, 11) is 0. The molecular weight excluding hydrogens is 272 g/mol. The van der Waals surface area contributed by atoms with Gasteiger partial charge in [0, 0.05) is 36.1 Å². The monoisotopic (exact) mass is 292 g/mol. The fraction of sp³-hybridized carbons (Fsp3) is 0.278. The number of H-pyrrole nitrogens is 1. The third-order valence-corrected chi connectivity index (χ3v) is 4.15. The highest BCUT2D eigenvalue weighted by atomic mass is 14.9. The maximum Gasteiger partial charge on any atom is 0.129 e. The van der Waals surface area contributed by atoms with Crippen molar-refractivity contribution >= 4 is 0 Å². The molecule has 0 saturated carbocycles. The van der Waals surface area contributed by atoms with E-state index < -0.39 is 0 Å². The second-order valence-corrected chi connectivity index (χ2v) is 5.67. The first-order valence-corrected chi connectivity index (χ1v) is 7.48. The van der Waals surface area contributed by atoms with Crippen molar-refractivity contribution in [1.82, 2.24) is 19.9 Å². The van der Waals surface area contributed by atoms with Crippen LogP contribution in [0.25, 0.3) is 0 Å². The van der Waals surface area contributed by atoms with E-state index >= 15 is 0 Å². The molecule has 0 fully saturated rings. The molecule has 0 aliphatic rings. The first-order valence-electron chi connectivity index (χ1n) is 7.48. The summed E-state index contributed by atoms with van der Waals surface area (Å²) in [6.07, 6.45) is 6.20. The molecule has 22 heavy (non-hydrogen) atoms. The molecule has 0 bridgehead atoms. The Morgan fingerprint density at radius 2 is 2.00 bits per heavy atom. The Morgan fingerprint density at radius 3 is 2.73 bits per heavy atom. The molecule has 0 radical (unpaired) electrons. The van der Waals surface area contributed by atoms with Crippen LogP contribution in [-0.4, -0.2) is 19.9 Å². The Bertz CT molecular complexity index is 763. The molecule has 3 rings (SSSR count). The molecule has 0 unspecified atom stereocenters. The minimum atomic E-state index is 0.184. The largest absolute Gasteiger partial charge is 0.348 e. The van der Waals surface area contributed by atoms with Crippen molar-refractivity contribution in [3.8, 4) is 0 Å². The number of hydrogen-bond acceptors (Lipinski definition) is 3. The minimum absolute atomic E-state index is 0.184. The number of nitrogens with one attached hydrogen (secondary N) is 1. The second kappa shape index (κ2) is 6.10. The molecule has 4 nitrogen and oxygen atoms in total. The van der Waals surface area contributed by atoms with Gasteiger partial charge in [-0.2, -0.15) is 0 Å². The lowest BCUT2D eigenvalue weighted by molar-refractivity contribution is 0.727. The van der Waals surface area contributed by atoms with Gasteiger partial charge in [0.05, 0.1) is 6.33 Å². The van der Waals surface area contributed by atoms with Crippen LogP contribution in [0.4, 0.5) is 0 Å². The van der Waals surface area contributed by atoms with Gasteiger partial charge in [0.25, 0.3) is 0 Å². The molecule has 4 heteroatoms. The van der Waals surface area contributed by atoms with Crippen molar-refractivity contribution in [1.29, 1.82) is 0 Å². The minimum Gasteiger partial charge on any atom is -0.348 e. The smallest absolute Gasteiger partial charge is 0.129 e. The van der Waals surface area contributed by atoms with Crippen LogP contribution in [0, 0.1) is 20.8 Å². The SMILES string of the molecule is Cc1ccnc(C[C@@H](c2cnc[nH]2)c2cccc(C)c2C)n1. The summed E-state index contributed by atoms with van der Waals surface area (Å²) in [6.45, 7) is 6.31. The summed E-state index contributed by atoms with van der Waals surface area (Å²) in [4.78, 5) is 16.4. The van der Waals surface area contributed by atoms with Gasteiger partial charge in [-0.3, -0.25) is 0 Å². The molecular formula is C18H20N4. The molecule has 1 aromatic carbocycles. The predicted octanol–water partition coefficient (Wildman–Crippen LogP) is 3.50. The summed E-state index contributed by atoms with van der Waals surface area (Å²) >= 11 is 0. The zero-order valence-electron chi connectivity index (χ0n) is 13.2. The van der Waals surface area contributed by atoms with Gasteiger partial charge in [-0.1, -0.05) is 18.2 Å². The van der Waals surface area contributed by atoms with Crippen molar-refractivity contribution in [3.05, 3.63) is 76.9 Å². The number of nitrogens with zero attached hydrogens (tertiary/aromatic N) is 3. The Balaban J connectivity index is 2.03. The van der Waals surface area contributed by atoms with Crippen LogP contribution in [0.15, 0.2) is 43.0 Å². The van der Waals surface area contributed by atoms with Gasteiger partial charge < -0.3 is 4.98 Å². The number of aromatic nitrogens is 4. The fourth-order valence-corrected chi connectivity index (χ4v) is 2.78. The van der Waals surface area contributed by atoms with E-state index in [0.29, 0.717) is 0 Å². The summed E-state index contributed by atoms with van der Waals surface area (Å²) < 4.78 is 0. The Morgan fingerprint density at radius 1 is 1.14 bits per heavy atom. The van der Waals surface area contributed by atoms with Crippen molar-refractivity contribution in [2.45, 2.75) is 33.1 Å². The van der Waals surface area contributed by atoms with E-state index in [1.807, 2.05) is 25.4 Å². The molecule has 0 saturated heterocycles. The van der Waals surface area contributed by atoms with E-state index in [1.165, 1.54) is 16.7 Å². The van der Waals surface area contributed by atoms with Crippen LogP contribution in [0.2, 0.25) is 0 Å². The zero-order valence-corrected chi connectivity index (χ0v) is 13.2. The van der Waals surface area contributed by atoms with Gasteiger partial charge in [-0.05, 0) is 43.5 Å². The quantitative estimate of drug-likeness (QED) is 0.800. The average Bonchev–Trinajstić information content (AvgIpc) is 3.02. The molecule has 0 amide bonds. The van der Waals surface area contributed by atoms with Crippen LogP contribution in [0.3, 0.4) is 0 Å². The fourth-order valence-electron chi connectivity index (χ4n) is 2.78. The first kappa shape index (κ1) is 14.4. The van der Waals surface area contributed by atoms with Crippen LogP contribution < -0.4 is 0 Å². The summed E-state index contributed by atoms with van der Waals surface area (Å²) in [5.41, 5.74) is 6.00. The molecule has 112 valence electrons. The molecule has 0 aliphatic carbocycles. The summed E-state index contributed by atoms with van der Waals surface area (Å²) in [5, 5.41) is 0. The van der Waals surface area contributed by atoms with E-state index in [1.54, 1.807) is 6.33 Å². The lowest BCUT2D eigenvalue weighted by atomic mass is 9.87. The van der Waals surface area contributed by atoms with Gasteiger partial charge in [-0.15, -0.1) is 0 Å². The second-order valence-electron chi connectivity index (χ2n) is 5.67. The van der Waals surface area contributed by atoms with Gasteiger partial charge >= 0.3 is 0 Å². The first-order chi connectivity index (χ1) is 10.6. The Kier molecular flexibility index (Phi) is 4.00. The highest BCUT2D eigenvalue weighted by Gasteiger charge is 2.20. The molecule has 0 spiro atoms. The average molecular weight is 292 g/mol. The van der Waals surface area contributed by atoms with E-state index in [2.05, 4.69) is 52.0 Å². The maximum atomic E-state index is 4.56. The summed E-state index contributed by atoms with van der Waals surface area (Å²) in [5.74, 6) is 1.05. The number of aryl methyl sites for hydroxylation is 2. The topological polar surface area (TPSA) is 54.5 Å². The van der Waals surface area contributed by atoms with E-state index in [9.17, 15) is 0 Å². The number of aromatic amines is 1. The maximum absolute atomic E-state index is 4.56. The van der Waals surface area contributed by atoms with Gasteiger partial charge in [-0.25, -0.2) is 15.0 Å². The normalized spacial score (nSPS) is 12.3. The molecule has 1 N–H and O–H groups in total. The standard InChI is InChI=1S/C18H20N4/c1-12-5-4-6-15(14(12)3)16(17-10-19-11-21-17)9-18-20-8-7-13(2)22-18/h4-8,10-11,16H,9H2,1-3H3,(H,19,21)/t16-/m1/s1. The van der Waals surface area contributed by atoms with E-state index in [-0.39, 0.29) is 5.92 Å². The molecule has 2 aromatic heterocycles. The molecule has 2 heterocycles. The van der Waals surface area contributed by atoms with Crippen molar-refractivity contribution in [3.63, 3.8) is 0 Å². The Hall–Kier alpha value is -2.49. The molecule has 0 aliphatic heterocycles. The van der Waals surface area contributed by atoms with Crippen molar-refractivity contribution in [2.75, 3.05) is 0 Å². The van der Waals surface area contributed by atoms with Gasteiger partial charge in [0.15, 0.2) is 0 Å². The number of rotatable bonds is 4. The third kappa shape index (κ3) is 2.91. The van der Waals surface area contributed by atoms with Gasteiger partial charge in [0.1, 0.15) is 5.82 Å². The van der Waals surface area contributed by atoms with Crippen LogP contribution in [0.5, 0.6) is 0 Å². The summed E-state index contributed by atoms with van der Waals surface area (Å²) in [6, 6.07) is 8.36. The van der Waals surface area contributed by atoms with Crippen LogP contribution >= 0.6 is 0 Å². The van der Waals surface area contributed by atoms with Crippen molar-refractivity contribution in [2.24, 2.45) is 0 Å². The lowest BCUT2D eigenvalue weighted by Gasteiger charge is -2.19. The molecule has 3 aromatic rings. The Labute approximate surface area is 130 Å². The highest BCUT2D eigenvalue weighted by Crippen LogP contribution is 2.29. The van der Waals surface area contributed by atoms with Crippen molar-refractivity contribution < 1.29 is 0 Å². The van der Waals surface area contributed by atoms with Gasteiger partial charge in [0.2, 0.25) is 0 Å². The van der Waals surface area contributed by atoms with E-state index in [0.717, 1.165) is 23.6 Å².